The number of carboxylic acid groups (broad SMARTS) is 1. The summed E-state index contributed by atoms with van der Waals surface area (Å²) in [6, 6.07) is 2.49. The van der Waals surface area contributed by atoms with Gasteiger partial charge in [0.15, 0.2) is 5.88 Å². The molecule has 0 atom stereocenters. The van der Waals surface area contributed by atoms with Gasteiger partial charge in [-0.3, -0.25) is 0 Å². The zero-order valence-electron chi connectivity index (χ0n) is 9.26. The van der Waals surface area contributed by atoms with Crippen molar-refractivity contribution in [3.05, 3.63) is 17.8 Å². The molecule has 0 saturated carbocycles. The molecule has 0 aliphatic rings. The van der Waals surface area contributed by atoms with Crippen LogP contribution in [0.4, 0.5) is 13.2 Å². The van der Waals surface area contributed by atoms with Gasteiger partial charge in [-0.2, -0.15) is 13.2 Å². The largest absolute Gasteiger partial charge is 0.478 e. The van der Waals surface area contributed by atoms with Crippen molar-refractivity contribution in [2.75, 3.05) is 6.61 Å². The van der Waals surface area contributed by atoms with E-state index < -0.39 is 24.2 Å². The van der Waals surface area contributed by atoms with Crippen LogP contribution in [0.2, 0.25) is 0 Å². The molecule has 7 heteroatoms. The minimum Gasteiger partial charge on any atom is -0.478 e. The Morgan fingerprint density at radius 2 is 2.00 bits per heavy atom. The number of nitrogens with one attached hydrogen (secondary N) is 1. The van der Waals surface area contributed by atoms with Gasteiger partial charge in [0, 0.05) is 6.07 Å². The summed E-state index contributed by atoms with van der Waals surface area (Å²) in [6.07, 6.45) is -4.38. The second-order valence-electron chi connectivity index (χ2n) is 4.21. The van der Waals surface area contributed by atoms with E-state index in [0.29, 0.717) is 0 Å². The van der Waals surface area contributed by atoms with Gasteiger partial charge < -0.3 is 14.8 Å². The van der Waals surface area contributed by atoms with E-state index in [-0.39, 0.29) is 11.6 Å². The van der Waals surface area contributed by atoms with E-state index in [1.807, 2.05) is 0 Å². The van der Waals surface area contributed by atoms with Crippen molar-refractivity contribution in [2.24, 2.45) is 5.41 Å². The van der Waals surface area contributed by atoms with Gasteiger partial charge in [0.05, 0.1) is 5.41 Å². The number of hydrogen-bond donors (Lipinski definition) is 2. The van der Waals surface area contributed by atoms with E-state index in [4.69, 9.17) is 9.84 Å². The molecule has 0 aromatic carbocycles. The number of H-pyrrole nitrogens is 1. The van der Waals surface area contributed by atoms with E-state index in [1.165, 1.54) is 12.1 Å². The molecule has 96 valence electrons. The van der Waals surface area contributed by atoms with Gasteiger partial charge in [-0.1, -0.05) is 0 Å². The number of halogens is 3. The SMILES string of the molecule is CC(C)(COc1ccc(C(=O)O)[nH]1)C(F)(F)F. The highest BCUT2D eigenvalue weighted by atomic mass is 19.4. The van der Waals surface area contributed by atoms with Gasteiger partial charge in [-0.25, -0.2) is 4.79 Å². The molecule has 1 aromatic rings. The smallest absolute Gasteiger partial charge is 0.397 e. The Balaban J connectivity index is 2.64. The van der Waals surface area contributed by atoms with Crippen LogP contribution in [0.3, 0.4) is 0 Å². The summed E-state index contributed by atoms with van der Waals surface area (Å²) in [6.45, 7) is 1.43. The summed E-state index contributed by atoms with van der Waals surface area (Å²) in [5.41, 5.74) is -2.13. The van der Waals surface area contributed by atoms with Crippen LogP contribution in [0.1, 0.15) is 24.3 Å². The second-order valence-corrected chi connectivity index (χ2v) is 4.21. The quantitative estimate of drug-likeness (QED) is 0.864. The predicted octanol–water partition coefficient (Wildman–Crippen LogP) is 2.68. The first-order chi connectivity index (χ1) is 7.63. The standard InChI is InChI=1S/C10H12F3NO3/c1-9(2,10(11,12)13)5-17-7-4-3-6(14-7)8(15)16/h3-4,14H,5H2,1-2H3,(H,15,16). The third-order valence-corrected chi connectivity index (χ3v) is 2.25. The number of hydrogen-bond acceptors (Lipinski definition) is 2. The van der Waals surface area contributed by atoms with Crippen molar-refractivity contribution >= 4 is 5.97 Å². The topological polar surface area (TPSA) is 62.3 Å². The molecule has 0 bridgehead atoms. The number of rotatable bonds is 4. The Kier molecular flexibility index (Phi) is 3.40. The summed E-state index contributed by atoms with van der Waals surface area (Å²) in [5, 5.41) is 8.59. The number of carbonyl (C=O) groups is 1. The first kappa shape index (κ1) is 13.4. The fourth-order valence-electron chi connectivity index (χ4n) is 0.924. The average molecular weight is 251 g/mol. The molecule has 2 N–H and O–H groups in total. The number of ether oxygens (including phenoxy) is 1. The number of aromatic nitrogens is 1. The molecule has 0 unspecified atom stereocenters. The van der Waals surface area contributed by atoms with Gasteiger partial charge in [0.25, 0.3) is 0 Å². The fraction of sp³-hybridized carbons (Fsp3) is 0.500. The molecule has 0 radical (unpaired) electrons. The minimum atomic E-state index is -4.38. The highest BCUT2D eigenvalue weighted by Crippen LogP contribution is 2.37. The van der Waals surface area contributed by atoms with Crippen LogP contribution >= 0.6 is 0 Å². The zero-order valence-corrected chi connectivity index (χ0v) is 9.26. The van der Waals surface area contributed by atoms with Crippen molar-refractivity contribution in [1.29, 1.82) is 0 Å². The monoisotopic (exact) mass is 251 g/mol. The van der Waals surface area contributed by atoms with Crippen molar-refractivity contribution in [1.82, 2.24) is 4.98 Å². The lowest BCUT2D eigenvalue weighted by Gasteiger charge is -2.26. The first-order valence-corrected chi connectivity index (χ1v) is 4.75. The Morgan fingerprint density at radius 1 is 1.41 bits per heavy atom. The van der Waals surface area contributed by atoms with Crippen molar-refractivity contribution in [3.63, 3.8) is 0 Å². The Morgan fingerprint density at radius 3 is 2.41 bits per heavy atom. The number of alkyl halides is 3. The third kappa shape index (κ3) is 3.15. The lowest BCUT2D eigenvalue weighted by Crippen LogP contribution is -2.37. The van der Waals surface area contributed by atoms with E-state index in [2.05, 4.69) is 4.98 Å². The molecule has 1 rings (SSSR count). The first-order valence-electron chi connectivity index (χ1n) is 4.75. The molecule has 17 heavy (non-hydrogen) atoms. The highest BCUT2D eigenvalue weighted by molar-refractivity contribution is 5.85. The fourth-order valence-corrected chi connectivity index (χ4v) is 0.924. The normalized spacial score (nSPS) is 12.5. The average Bonchev–Trinajstić information content (AvgIpc) is 2.61. The molecule has 1 heterocycles. The van der Waals surface area contributed by atoms with Crippen molar-refractivity contribution < 1.29 is 27.8 Å². The summed E-state index contributed by atoms with van der Waals surface area (Å²) in [5.74, 6) is -1.20. The molecule has 0 spiro atoms. The van der Waals surface area contributed by atoms with Gasteiger partial charge >= 0.3 is 12.1 Å². The maximum absolute atomic E-state index is 12.5. The van der Waals surface area contributed by atoms with Crippen LogP contribution in [0.5, 0.6) is 5.88 Å². The number of carboxylic acids is 1. The predicted molar refractivity (Wildman–Crippen MR) is 53.1 cm³/mol. The molecular weight excluding hydrogens is 239 g/mol. The summed E-state index contributed by atoms with van der Waals surface area (Å²) >= 11 is 0. The molecule has 4 nitrogen and oxygen atoms in total. The Bertz CT molecular complexity index is 409. The Labute approximate surface area is 95.4 Å². The van der Waals surface area contributed by atoms with Gasteiger partial charge in [-0.05, 0) is 19.9 Å². The van der Waals surface area contributed by atoms with Crippen molar-refractivity contribution in [2.45, 2.75) is 20.0 Å². The maximum atomic E-state index is 12.5. The van der Waals surface area contributed by atoms with Crippen LogP contribution in [-0.4, -0.2) is 28.8 Å². The van der Waals surface area contributed by atoms with Gasteiger partial charge in [0.1, 0.15) is 12.3 Å². The minimum absolute atomic E-state index is 0.000255. The van der Waals surface area contributed by atoms with Crippen LogP contribution in [-0.2, 0) is 0 Å². The third-order valence-electron chi connectivity index (χ3n) is 2.25. The van der Waals surface area contributed by atoms with E-state index in [1.54, 1.807) is 0 Å². The molecular formula is C10H12F3NO3. The van der Waals surface area contributed by atoms with Crippen LogP contribution in [0, 0.1) is 5.41 Å². The maximum Gasteiger partial charge on any atom is 0.397 e. The second kappa shape index (κ2) is 4.31. The lowest BCUT2D eigenvalue weighted by molar-refractivity contribution is -0.219. The molecule has 0 amide bonds. The summed E-state index contributed by atoms with van der Waals surface area (Å²) in [4.78, 5) is 12.9. The van der Waals surface area contributed by atoms with E-state index >= 15 is 0 Å². The summed E-state index contributed by atoms with van der Waals surface area (Å²) < 4.78 is 42.3. The highest BCUT2D eigenvalue weighted by Gasteiger charge is 2.48. The van der Waals surface area contributed by atoms with Crippen molar-refractivity contribution in [3.8, 4) is 5.88 Å². The lowest BCUT2D eigenvalue weighted by atomic mass is 9.94. The number of aromatic amines is 1. The van der Waals surface area contributed by atoms with Crippen LogP contribution in [0.15, 0.2) is 12.1 Å². The van der Waals surface area contributed by atoms with Crippen LogP contribution < -0.4 is 4.74 Å². The zero-order chi connectivity index (χ0) is 13.3. The van der Waals surface area contributed by atoms with E-state index in [9.17, 15) is 18.0 Å². The molecule has 0 aliphatic heterocycles. The van der Waals surface area contributed by atoms with Crippen LogP contribution in [0.25, 0.3) is 0 Å². The summed E-state index contributed by atoms with van der Waals surface area (Å²) in [7, 11) is 0. The van der Waals surface area contributed by atoms with E-state index in [0.717, 1.165) is 13.8 Å². The molecule has 0 aliphatic carbocycles. The van der Waals surface area contributed by atoms with Gasteiger partial charge in [0.2, 0.25) is 0 Å². The molecule has 0 saturated heterocycles. The Hall–Kier alpha value is -1.66. The molecule has 1 aromatic heterocycles. The molecule has 0 fully saturated rings. The van der Waals surface area contributed by atoms with Gasteiger partial charge in [-0.15, -0.1) is 0 Å². The number of aromatic carboxylic acids is 1.